The van der Waals surface area contributed by atoms with Gasteiger partial charge in [-0.25, -0.2) is 4.79 Å². The fourth-order valence-corrected chi connectivity index (χ4v) is 1.30. The van der Waals surface area contributed by atoms with Gasteiger partial charge in [0.15, 0.2) is 0 Å². The number of aromatic nitrogens is 2. The first-order valence-electron chi connectivity index (χ1n) is 4.33. The number of ether oxygens (including phenoxy) is 1. The van der Waals surface area contributed by atoms with Crippen LogP contribution in [-0.4, -0.2) is 16.3 Å². The van der Waals surface area contributed by atoms with E-state index >= 15 is 0 Å². The van der Waals surface area contributed by atoms with Crippen LogP contribution in [0.2, 0.25) is 0 Å². The second-order valence-electron chi connectivity index (χ2n) is 2.90. The summed E-state index contributed by atoms with van der Waals surface area (Å²) in [5, 5.41) is 6.51. The fraction of sp³-hybridized carbons (Fsp3) is 0. The van der Waals surface area contributed by atoms with E-state index in [1.165, 1.54) is 0 Å². The maximum atomic E-state index is 10.7. The second-order valence-corrected chi connectivity index (χ2v) is 2.90. The van der Waals surface area contributed by atoms with Gasteiger partial charge < -0.3 is 10.5 Å². The minimum Gasteiger partial charge on any atom is -0.410 e. The van der Waals surface area contributed by atoms with Gasteiger partial charge in [-0.1, -0.05) is 18.2 Å². The molecule has 0 spiro atoms. The van der Waals surface area contributed by atoms with Crippen LogP contribution >= 0.6 is 0 Å². The largest absolute Gasteiger partial charge is 0.410 e. The van der Waals surface area contributed by atoms with Gasteiger partial charge in [0.2, 0.25) is 0 Å². The van der Waals surface area contributed by atoms with E-state index in [9.17, 15) is 4.79 Å². The predicted octanol–water partition coefficient (Wildman–Crippen LogP) is 1.53. The van der Waals surface area contributed by atoms with E-state index in [0.717, 1.165) is 11.1 Å². The lowest BCUT2D eigenvalue weighted by Gasteiger charge is -2.05. The van der Waals surface area contributed by atoms with Crippen LogP contribution in [0.3, 0.4) is 0 Å². The number of nitrogens with two attached hydrogens (primary N) is 1. The molecule has 1 amide bonds. The highest BCUT2D eigenvalue weighted by Crippen LogP contribution is 2.28. The molecule has 0 aliphatic heterocycles. The normalized spacial score (nSPS) is 9.87. The molecule has 2 rings (SSSR count). The first-order valence-corrected chi connectivity index (χ1v) is 4.33. The number of primary amides is 1. The highest BCUT2D eigenvalue weighted by Gasteiger charge is 2.08. The topological polar surface area (TPSA) is 81.0 Å². The summed E-state index contributed by atoms with van der Waals surface area (Å²) >= 11 is 0. The number of amides is 1. The summed E-state index contributed by atoms with van der Waals surface area (Å²) in [6.07, 6.45) is 2.53. The Morgan fingerprint density at radius 3 is 2.87 bits per heavy atom. The molecule has 1 aromatic heterocycles. The number of para-hydroxylation sites is 1. The van der Waals surface area contributed by atoms with Crippen molar-refractivity contribution in [3.8, 4) is 16.9 Å². The maximum absolute atomic E-state index is 10.7. The lowest BCUT2D eigenvalue weighted by molar-refractivity contribution is 0.211. The molecular formula is C10H9N3O2. The number of nitrogens with one attached hydrogen (secondary N) is 1. The Balaban J connectivity index is 2.42. The average molecular weight is 203 g/mol. The van der Waals surface area contributed by atoms with Crippen molar-refractivity contribution in [1.29, 1.82) is 0 Å². The standard InChI is InChI=1S/C10H9N3O2/c11-10(14)15-9-4-2-1-3-8(9)7-5-12-13-6-7/h1-6H,(H2,11,14)(H,12,13). The number of carbonyl (C=O) groups excluding carboxylic acids is 1. The molecule has 5 nitrogen and oxygen atoms in total. The van der Waals surface area contributed by atoms with Crippen molar-refractivity contribution in [2.24, 2.45) is 5.73 Å². The summed E-state index contributed by atoms with van der Waals surface area (Å²) < 4.78 is 4.87. The summed E-state index contributed by atoms with van der Waals surface area (Å²) in [6.45, 7) is 0. The Kier molecular flexibility index (Phi) is 2.37. The summed E-state index contributed by atoms with van der Waals surface area (Å²) in [5.74, 6) is 0.423. The van der Waals surface area contributed by atoms with Gasteiger partial charge in [0.05, 0.1) is 6.20 Å². The van der Waals surface area contributed by atoms with Crippen LogP contribution in [0.5, 0.6) is 5.75 Å². The highest BCUT2D eigenvalue weighted by molar-refractivity contribution is 5.75. The van der Waals surface area contributed by atoms with Gasteiger partial charge in [0, 0.05) is 17.3 Å². The summed E-state index contributed by atoms with van der Waals surface area (Å²) in [6, 6.07) is 7.11. The lowest BCUT2D eigenvalue weighted by Crippen LogP contribution is -2.16. The molecule has 0 radical (unpaired) electrons. The molecule has 2 aromatic rings. The number of hydrogen-bond donors (Lipinski definition) is 2. The second kappa shape index (κ2) is 3.83. The monoisotopic (exact) mass is 203 g/mol. The van der Waals surface area contributed by atoms with E-state index in [-0.39, 0.29) is 0 Å². The molecule has 76 valence electrons. The molecule has 15 heavy (non-hydrogen) atoms. The zero-order valence-corrected chi connectivity index (χ0v) is 7.81. The van der Waals surface area contributed by atoms with Crippen LogP contribution in [0.4, 0.5) is 4.79 Å². The van der Waals surface area contributed by atoms with Gasteiger partial charge in [-0.05, 0) is 6.07 Å². The van der Waals surface area contributed by atoms with Crippen molar-refractivity contribution in [2.75, 3.05) is 0 Å². The number of H-pyrrole nitrogens is 1. The highest BCUT2D eigenvalue weighted by atomic mass is 16.5. The number of aromatic amines is 1. The Morgan fingerprint density at radius 2 is 2.20 bits per heavy atom. The van der Waals surface area contributed by atoms with Gasteiger partial charge >= 0.3 is 6.09 Å². The van der Waals surface area contributed by atoms with Crippen molar-refractivity contribution in [2.45, 2.75) is 0 Å². The summed E-state index contributed by atoms with van der Waals surface area (Å²) in [4.78, 5) is 10.7. The first kappa shape index (κ1) is 9.26. The van der Waals surface area contributed by atoms with Crippen LogP contribution in [0.15, 0.2) is 36.7 Å². The number of rotatable bonds is 2. The van der Waals surface area contributed by atoms with Crippen LogP contribution < -0.4 is 10.5 Å². The molecule has 0 bridgehead atoms. The van der Waals surface area contributed by atoms with Crippen molar-refractivity contribution >= 4 is 6.09 Å². The molecule has 0 unspecified atom stereocenters. The molecule has 5 heteroatoms. The van der Waals surface area contributed by atoms with E-state index in [2.05, 4.69) is 10.2 Å². The molecule has 0 saturated carbocycles. The summed E-state index contributed by atoms with van der Waals surface area (Å²) in [5.41, 5.74) is 6.57. The zero-order valence-electron chi connectivity index (χ0n) is 7.81. The molecule has 0 atom stereocenters. The molecule has 0 fully saturated rings. The van der Waals surface area contributed by atoms with Gasteiger partial charge in [-0.3, -0.25) is 5.10 Å². The number of nitrogens with zero attached hydrogens (tertiary/aromatic N) is 1. The smallest absolute Gasteiger partial charge is 0.409 e. The zero-order chi connectivity index (χ0) is 10.7. The van der Waals surface area contributed by atoms with Crippen LogP contribution in [0.1, 0.15) is 0 Å². The third kappa shape index (κ3) is 1.96. The third-order valence-electron chi connectivity index (χ3n) is 1.91. The molecule has 1 aromatic carbocycles. The molecule has 0 aliphatic carbocycles. The predicted molar refractivity (Wildman–Crippen MR) is 54.2 cm³/mol. The maximum Gasteiger partial charge on any atom is 0.409 e. The number of carbonyl (C=O) groups is 1. The summed E-state index contributed by atoms with van der Waals surface area (Å²) in [7, 11) is 0. The molecule has 0 aliphatic rings. The Hall–Kier alpha value is -2.30. The van der Waals surface area contributed by atoms with Crippen molar-refractivity contribution < 1.29 is 9.53 Å². The van der Waals surface area contributed by atoms with E-state index in [1.54, 1.807) is 24.5 Å². The minimum absolute atomic E-state index is 0.423. The number of hydrogen-bond acceptors (Lipinski definition) is 3. The lowest BCUT2D eigenvalue weighted by atomic mass is 10.1. The van der Waals surface area contributed by atoms with E-state index in [4.69, 9.17) is 10.5 Å². The van der Waals surface area contributed by atoms with Crippen LogP contribution in [-0.2, 0) is 0 Å². The Labute approximate surface area is 85.9 Å². The Bertz CT molecular complexity index is 465. The van der Waals surface area contributed by atoms with Gasteiger partial charge in [-0.2, -0.15) is 5.10 Å². The molecule has 0 saturated heterocycles. The van der Waals surface area contributed by atoms with E-state index < -0.39 is 6.09 Å². The molecule has 1 heterocycles. The van der Waals surface area contributed by atoms with Crippen LogP contribution in [0.25, 0.3) is 11.1 Å². The third-order valence-corrected chi connectivity index (χ3v) is 1.91. The number of benzene rings is 1. The molecular weight excluding hydrogens is 194 g/mol. The Morgan fingerprint density at radius 1 is 1.40 bits per heavy atom. The SMILES string of the molecule is NC(=O)Oc1ccccc1-c1cn[nH]c1. The average Bonchev–Trinajstić information content (AvgIpc) is 2.70. The van der Waals surface area contributed by atoms with E-state index in [0.29, 0.717) is 5.75 Å². The van der Waals surface area contributed by atoms with Crippen molar-refractivity contribution in [3.63, 3.8) is 0 Å². The minimum atomic E-state index is -0.828. The van der Waals surface area contributed by atoms with Gasteiger partial charge in [0.1, 0.15) is 5.75 Å². The quantitative estimate of drug-likeness (QED) is 0.776. The van der Waals surface area contributed by atoms with Crippen molar-refractivity contribution in [1.82, 2.24) is 10.2 Å². The van der Waals surface area contributed by atoms with Gasteiger partial charge in [-0.15, -0.1) is 0 Å². The first-order chi connectivity index (χ1) is 7.27. The van der Waals surface area contributed by atoms with Crippen molar-refractivity contribution in [3.05, 3.63) is 36.7 Å². The van der Waals surface area contributed by atoms with Gasteiger partial charge in [0.25, 0.3) is 0 Å². The molecule has 3 N–H and O–H groups in total. The van der Waals surface area contributed by atoms with E-state index in [1.807, 2.05) is 12.1 Å². The fourth-order valence-electron chi connectivity index (χ4n) is 1.30. The van der Waals surface area contributed by atoms with Crippen LogP contribution in [0, 0.1) is 0 Å².